The van der Waals surface area contributed by atoms with Crippen LogP contribution < -0.4 is 10.6 Å². The van der Waals surface area contributed by atoms with Crippen molar-refractivity contribution in [1.82, 2.24) is 10.6 Å². The minimum atomic E-state index is -0.167. The third-order valence-electron chi connectivity index (χ3n) is 2.83. The number of nitrogens with one attached hydrogen (secondary N) is 2. The molecule has 2 unspecified atom stereocenters. The van der Waals surface area contributed by atoms with Crippen LogP contribution in [0, 0.1) is 0 Å². The Morgan fingerprint density at radius 3 is 2.65 bits per heavy atom. The van der Waals surface area contributed by atoms with Crippen molar-refractivity contribution < 1.29 is 9.53 Å². The highest BCUT2D eigenvalue weighted by molar-refractivity contribution is 5.81. The fraction of sp³-hybridized carbons (Fsp3) is 0.923. The highest BCUT2D eigenvalue weighted by Crippen LogP contribution is 2.09. The van der Waals surface area contributed by atoms with Gasteiger partial charge in [0.15, 0.2) is 0 Å². The minimum Gasteiger partial charge on any atom is -0.381 e. The van der Waals surface area contributed by atoms with Gasteiger partial charge in [-0.05, 0) is 47.0 Å². The van der Waals surface area contributed by atoms with Crippen LogP contribution in [0.15, 0.2) is 0 Å². The van der Waals surface area contributed by atoms with E-state index in [0.717, 1.165) is 32.5 Å². The van der Waals surface area contributed by atoms with Gasteiger partial charge in [0.1, 0.15) is 0 Å². The monoisotopic (exact) mass is 242 g/mol. The maximum absolute atomic E-state index is 11.9. The number of ether oxygens (including phenoxy) is 1. The van der Waals surface area contributed by atoms with Crippen LogP contribution in [0.2, 0.25) is 0 Å². The van der Waals surface area contributed by atoms with E-state index in [9.17, 15) is 4.79 Å². The second kappa shape index (κ2) is 6.36. The summed E-state index contributed by atoms with van der Waals surface area (Å²) < 4.78 is 5.41. The summed E-state index contributed by atoms with van der Waals surface area (Å²) >= 11 is 0. The van der Waals surface area contributed by atoms with Crippen LogP contribution in [0.3, 0.4) is 0 Å². The lowest BCUT2D eigenvalue weighted by molar-refractivity contribution is -0.124. The number of hydrogen-bond donors (Lipinski definition) is 2. The molecule has 0 radical (unpaired) electrons. The Hall–Kier alpha value is -0.610. The predicted molar refractivity (Wildman–Crippen MR) is 69.0 cm³/mol. The van der Waals surface area contributed by atoms with Crippen molar-refractivity contribution in [1.29, 1.82) is 0 Å². The average Bonchev–Trinajstić information content (AvgIpc) is 2.43. The molecular formula is C13H26N2O2. The van der Waals surface area contributed by atoms with Crippen LogP contribution in [0.4, 0.5) is 0 Å². The van der Waals surface area contributed by atoms with E-state index < -0.39 is 0 Å². The Morgan fingerprint density at radius 1 is 1.29 bits per heavy atom. The van der Waals surface area contributed by atoms with Crippen molar-refractivity contribution in [3.63, 3.8) is 0 Å². The normalized spacial score (nSPS) is 23.9. The van der Waals surface area contributed by atoms with E-state index in [0.29, 0.717) is 6.04 Å². The molecule has 2 atom stereocenters. The smallest absolute Gasteiger partial charge is 0.237 e. The maximum Gasteiger partial charge on any atom is 0.237 e. The lowest BCUT2D eigenvalue weighted by atomic mass is 10.1. The van der Waals surface area contributed by atoms with Gasteiger partial charge in [0, 0.05) is 24.8 Å². The molecule has 2 N–H and O–H groups in total. The number of amides is 1. The molecule has 0 bridgehead atoms. The summed E-state index contributed by atoms with van der Waals surface area (Å²) in [5.74, 6) is 0.0719. The van der Waals surface area contributed by atoms with Gasteiger partial charge in [0.25, 0.3) is 0 Å². The van der Waals surface area contributed by atoms with E-state index in [1.165, 1.54) is 0 Å². The van der Waals surface area contributed by atoms with Gasteiger partial charge in [-0.25, -0.2) is 0 Å². The molecule has 0 aromatic heterocycles. The van der Waals surface area contributed by atoms with Crippen molar-refractivity contribution in [2.45, 2.75) is 64.6 Å². The summed E-state index contributed by atoms with van der Waals surface area (Å²) in [6.45, 7) is 9.56. The first kappa shape index (κ1) is 14.5. The zero-order valence-electron chi connectivity index (χ0n) is 11.5. The van der Waals surface area contributed by atoms with Gasteiger partial charge in [-0.2, -0.15) is 0 Å². The summed E-state index contributed by atoms with van der Waals surface area (Å²) in [6, 6.07) is 0.260. The number of rotatable bonds is 3. The van der Waals surface area contributed by atoms with Gasteiger partial charge in [-0.1, -0.05) is 0 Å². The minimum absolute atomic E-state index is 0.0719. The molecule has 1 fully saturated rings. The molecule has 1 rings (SSSR count). The Morgan fingerprint density at radius 2 is 2.00 bits per heavy atom. The molecule has 4 heteroatoms. The van der Waals surface area contributed by atoms with Crippen LogP contribution in [0.25, 0.3) is 0 Å². The third-order valence-corrected chi connectivity index (χ3v) is 2.83. The first-order valence-electron chi connectivity index (χ1n) is 6.54. The van der Waals surface area contributed by atoms with Crippen LogP contribution >= 0.6 is 0 Å². The average molecular weight is 242 g/mol. The fourth-order valence-electron chi connectivity index (χ4n) is 1.98. The fourth-order valence-corrected chi connectivity index (χ4v) is 1.98. The molecule has 1 heterocycles. The van der Waals surface area contributed by atoms with Gasteiger partial charge in [0.2, 0.25) is 5.91 Å². The van der Waals surface area contributed by atoms with E-state index in [1.807, 2.05) is 27.7 Å². The van der Waals surface area contributed by atoms with E-state index >= 15 is 0 Å². The zero-order valence-corrected chi connectivity index (χ0v) is 11.5. The number of carbonyl (C=O) groups excluding carboxylic acids is 1. The van der Waals surface area contributed by atoms with Crippen molar-refractivity contribution in [3.05, 3.63) is 0 Å². The molecule has 1 aliphatic heterocycles. The molecular weight excluding hydrogens is 216 g/mol. The van der Waals surface area contributed by atoms with E-state index in [4.69, 9.17) is 4.74 Å². The SMILES string of the molecule is CC(NC1CCCOCC1)C(=O)NC(C)(C)C. The van der Waals surface area contributed by atoms with Gasteiger partial charge >= 0.3 is 0 Å². The maximum atomic E-state index is 11.9. The number of hydrogen-bond acceptors (Lipinski definition) is 3. The molecule has 100 valence electrons. The molecule has 0 aliphatic carbocycles. The Kier molecular flexibility index (Phi) is 5.40. The molecule has 1 saturated heterocycles. The van der Waals surface area contributed by atoms with Gasteiger partial charge in [0.05, 0.1) is 6.04 Å². The molecule has 0 spiro atoms. The van der Waals surface area contributed by atoms with Gasteiger partial charge in [-0.3, -0.25) is 4.79 Å². The molecule has 4 nitrogen and oxygen atoms in total. The second-order valence-electron chi connectivity index (χ2n) is 5.87. The van der Waals surface area contributed by atoms with Crippen molar-refractivity contribution in [2.24, 2.45) is 0 Å². The van der Waals surface area contributed by atoms with Crippen LogP contribution in [0.1, 0.15) is 47.0 Å². The second-order valence-corrected chi connectivity index (χ2v) is 5.87. The van der Waals surface area contributed by atoms with Crippen molar-refractivity contribution in [3.8, 4) is 0 Å². The summed E-state index contributed by atoms with van der Waals surface area (Å²) in [6.07, 6.45) is 3.16. The lowest BCUT2D eigenvalue weighted by Crippen LogP contribution is -2.51. The summed E-state index contributed by atoms with van der Waals surface area (Å²) in [4.78, 5) is 11.9. The molecule has 0 aromatic rings. The lowest BCUT2D eigenvalue weighted by Gasteiger charge is -2.26. The first-order valence-corrected chi connectivity index (χ1v) is 6.54. The predicted octanol–water partition coefficient (Wildman–Crippen LogP) is 1.45. The Labute approximate surface area is 104 Å². The highest BCUT2D eigenvalue weighted by Gasteiger charge is 2.22. The van der Waals surface area contributed by atoms with Gasteiger partial charge in [-0.15, -0.1) is 0 Å². The van der Waals surface area contributed by atoms with Crippen molar-refractivity contribution >= 4 is 5.91 Å². The van der Waals surface area contributed by atoms with Crippen LogP contribution in [-0.4, -0.2) is 36.7 Å². The number of carbonyl (C=O) groups is 1. The zero-order chi connectivity index (χ0) is 12.9. The molecule has 1 amide bonds. The Balaban J connectivity index is 2.36. The highest BCUT2D eigenvalue weighted by atomic mass is 16.5. The summed E-state index contributed by atoms with van der Waals surface area (Å²) in [5.41, 5.74) is -0.167. The van der Waals surface area contributed by atoms with Gasteiger partial charge < -0.3 is 15.4 Å². The standard InChI is InChI=1S/C13H26N2O2/c1-10(12(16)15-13(2,3)4)14-11-6-5-8-17-9-7-11/h10-11,14H,5-9H2,1-4H3,(H,15,16). The molecule has 0 saturated carbocycles. The molecule has 0 aromatic carbocycles. The third kappa shape index (κ3) is 6.03. The molecule has 1 aliphatic rings. The van der Waals surface area contributed by atoms with Crippen molar-refractivity contribution in [2.75, 3.05) is 13.2 Å². The van der Waals surface area contributed by atoms with E-state index in [1.54, 1.807) is 0 Å². The summed E-state index contributed by atoms with van der Waals surface area (Å²) in [5, 5.41) is 6.38. The summed E-state index contributed by atoms with van der Waals surface area (Å²) in [7, 11) is 0. The van der Waals surface area contributed by atoms with E-state index in [-0.39, 0.29) is 17.5 Å². The van der Waals surface area contributed by atoms with E-state index in [2.05, 4.69) is 10.6 Å². The topological polar surface area (TPSA) is 50.4 Å². The van der Waals surface area contributed by atoms with Crippen LogP contribution in [0.5, 0.6) is 0 Å². The largest absolute Gasteiger partial charge is 0.381 e. The molecule has 17 heavy (non-hydrogen) atoms. The van der Waals surface area contributed by atoms with Crippen LogP contribution in [-0.2, 0) is 9.53 Å². The Bertz CT molecular complexity index is 240. The quantitative estimate of drug-likeness (QED) is 0.787. The first-order chi connectivity index (χ1) is 7.88.